The Kier molecular flexibility index (Phi) is 4.46. The Bertz CT molecular complexity index is 455. The van der Waals surface area contributed by atoms with Crippen LogP contribution in [0.25, 0.3) is 0 Å². The van der Waals surface area contributed by atoms with Gasteiger partial charge in [0.2, 0.25) is 0 Å². The van der Waals surface area contributed by atoms with Crippen molar-refractivity contribution in [2.24, 2.45) is 5.92 Å². The highest BCUT2D eigenvalue weighted by molar-refractivity contribution is 7.87. The van der Waals surface area contributed by atoms with Gasteiger partial charge in [-0.3, -0.25) is 4.90 Å². The van der Waals surface area contributed by atoms with Crippen molar-refractivity contribution < 1.29 is 8.42 Å². The average Bonchev–Trinajstić information content (AvgIpc) is 3.13. The highest BCUT2D eigenvalue weighted by Crippen LogP contribution is 2.31. The predicted molar refractivity (Wildman–Crippen MR) is 72.5 cm³/mol. The second-order valence-electron chi connectivity index (χ2n) is 5.62. The van der Waals surface area contributed by atoms with Crippen LogP contribution in [-0.4, -0.2) is 56.4 Å². The van der Waals surface area contributed by atoms with Gasteiger partial charge < -0.3 is 0 Å². The molecule has 2 atom stereocenters. The van der Waals surface area contributed by atoms with Crippen molar-refractivity contribution in [3.8, 4) is 6.07 Å². The lowest BCUT2D eigenvalue weighted by Crippen LogP contribution is -2.46. The van der Waals surface area contributed by atoms with Crippen molar-refractivity contribution in [2.75, 3.05) is 26.7 Å². The second kappa shape index (κ2) is 5.75. The maximum atomic E-state index is 12.1. The maximum absolute atomic E-state index is 12.1. The Morgan fingerprint density at radius 3 is 2.68 bits per heavy atom. The van der Waals surface area contributed by atoms with Gasteiger partial charge in [0.25, 0.3) is 10.2 Å². The second-order valence-corrected chi connectivity index (χ2v) is 7.43. The average molecular weight is 286 g/mol. The Labute approximate surface area is 115 Å². The number of likely N-dealkylation sites (tertiary alicyclic amines) is 1. The molecule has 0 aromatic heterocycles. The van der Waals surface area contributed by atoms with Gasteiger partial charge in [-0.2, -0.15) is 22.7 Å². The van der Waals surface area contributed by atoms with Gasteiger partial charge in [-0.1, -0.05) is 6.92 Å². The van der Waals surface area contributed by atoms with E-state index in [0.29, 0.717) is 12.0 Å². The highest BCUT2D eigenvalue weighted by Gasteiger charge is 2.39. The molecule has 0 radical (unpaired) electrons. The van der Waals surface area contributed by atoms with E-state index in [4.69, 9.17) is 5.26 Å². The minimum absolute atomic E-state index is 0.0184. The van der Waals surface area contributed by atoms with Crippen molar-refractivity contribution in [1.29, 1.82) is 5.26 Å². The Hall–Kier alpha value is -0.680. The molecular weight excluding hydrogens is 264 g/mol. The fraction of sp³-hybridized carbons (Fsp3) is 0.917. The Morgan fingerprint density at radius 1 is 1.42 bits per heavy atom. The van der Waals surface area contributed by atoms with Crippen LogP contribution in [0.2, 0.25) is 0 Å². The minimum atomic E-state index is -3.47. The number of rotatable bonds is 6. The zero-order valence-electron chi connectivity index (χ0n) is 11.5. The van der Waals surface area contributed by atoms with Crippen LogP contribution in [0.5, 0.6) is 0 Å². The largest absolute Gasteiger partial charge is 0.298 e. The van der Waals surface area contributed by atoms with Gasteiger partial charge in [-0.05, 0) is 18.8 Å². The molecule has 6 nitrogen and oxygen atoms in total. The van der Waals surface area contributed by atoms with Gasteiger partial charge in [0.15, 0.2) is 0 Å². The van der Waals surface area contributed by atoms with Gasteiger partial charge in [0, 0.05) is 45.2 Å². The standard InChI is InChI=1S/C12H22N4O2S/c1-10-8-16(11-4-5-11)9-12(10)14-19(17,18)15(2)7-3-6-13/h10-12,14H,3-5,7-9H2,1-2H3/t10-,12+/m1/s1. The molecule has 0 unspecified atom stereocenters. The van der Waals surface area contributed by atoms with Crippen molar-refractivity contribution in [3.05, 3.63) is 0 Å². The van der Waals surface area contributed by atoms with E-state index in [1.165, 1.54) is 24.2 Å². The lowest BCUT2D eigenvalue weighted by molar-refractivity contribution is 0.315. The zero-order chi connectivity index (χ0) is 14.0. The molecule has 2 aliphatic rings. The summed E-state index contributed by atoms with van der Waals surface area (Å²) in [6, 6.07) is 2.62. The van der Waals surface area contributed by atoms with E-state index in [-0.39, 0.29) is 19.0 Å². The van der Waals surface area contributed by atoms with Gasteiger partial charge in [-0.15, -0.1) is 0 Å². The quantitative estimate of drug-likeness (QED) is 0.754. The molecule has 1 aliphatic heterocycles. The number of hydrogen-bond donors (Lipinski definition) is 1. The summed E-state index contributed by atoms with van der Waals surface area (Å²) >= 11 is 0. The number of nitrogens with one attached hydrogen (secondary N) is 1. The summed E-state index contributed by atoms with van der Waals surface area (Å²) in [4.78, 5) is 2.38. The number of nitriles is 1. The van der Waals surface area contributed by atoms with Crippen LogP contribution in [0.3, 0.4) is 0 Å². The summed E-state index contributed by atoms with van der Waals surface area (Å²) in [5.74, 6) is 0.333. The van der Waals surface area contributed by atoms with Crippen LogP contribution in [0, 0.1) is 17.2 Å². The predicted octanol–water partition coefficient (Wildman–Crippen LogP) is 0.149. The fourth-order valence-corrected chi connectivity index (χ4v) is 3.71. The molecule has 1 heterocycles. The number of hydrogen-bond acceptors (Lipinski definition) is 4. The first kappa shape index (κ1) is 14.7. The summed E-state index contributed by atoms with van der Waals surface area (Å²) in [6.07, 6.45) is 2.70. The number of nitrogens with zero attached hydrogens (tertiary/aromatic N) is 3. The normalized spacial score (nSPS) is 28.7. The van der Waals surface area contributed by atoms with Crippen LogP contribution in [-0.2, 0) is 10.2 Å². The Morgan fingerprint density at radius 2 is 2.11 bits per heavy atom. The smallest absolute Gasteiger partial charge is 0.279 e. The molecule has 7 heteroatoms. The third-order valence-corrected chi connectivity index (χ3v) is 5.56. The van der Waals surface area contributed by atoms with Crippen molar-refractivity contribution in [2.45, 2.75) is 38.3 Å². The van der Waals surface area contributed by atoms with Gasteiger partial charge in [0.1, 0.15) is 0 Å². The van der Waals surface area contributed by atoms with E-state index in [1.54, 1.807) is 0 Å². The lowest BCUT2D eigenvalue weighted by atomic mass is 10.1. The monoisotopic (exact) mass is 286 g/mol. The van der Waals surface area contributed by atoms with Crippen molar-refractivity contribution >= 4 is 10.2 Å². The molecule has 0 spiro atoms. The van der Waals surface area contributed by atoms with Gasteiger partial charge in [0.05, 0.1) is 6.07 Å². The van der Waals surface area contributed by atoms with Crippen LogP contribution in [0.4, 0.5) is 0 Å². The SMILES string of the molecule is C[C@@H]1CN(C2CC2)C[C@@H]1NS(=O)(=O)N(C)CCC#N. The van der Waals surface area contributed by atoms with E-state index in [2.05, 4.69) is 16.5 Å². The minimum Gasteiger partial charge on any atom is -0.298 e. The topological polar surface area (TPSA) is 76.4 Å². The lowest BCUT2D eigenvalue weighted by Gasteiger charge is -2.22. The highest BCUT2D eigenvalue weighted by atomic mass is 32.2. The van der Waals surface area contributed by atoms with E-state index >= 15 is 0 Å². The summed E-state index contributed by atoms with van der Waals surface area (Å²) in [7, 11) is -1.96. The van der Waals surface area contributed by atoms with E-state index in [0.717, 1.165) is 13.1 Å². The van der Waals surface area contributed by atoms with E-state index < -0.39 is 10.2 Å². The maximum Gasteiger partial charge on any atom is 0.279 e. The van der Waals surface area contributed by atoms with Crippen molar-refractivity contribution in [1.82, 2.24) is 13.9 Å². The summed E-state index contributed by atoms with van der Waals surface area (Å²) in [5, 5.41) is 8.51. The molecule has 1 N–H and O–H groups in total. The molecule has 19 heavy (non-hydrogen) atoms. The zero-order valence-corrected chi connectivity index (χ0v) is 12.4. The van der Waals surface area contributed by atoms with Crippen LogP contribution in [0.15, 0.2) is 0 Å². The molecule has 0 bridgehead atoms. The van der Waals surface area contributed by atoms with Crippen LogP contribution >= 0.6 is 0 Å². The van der Waals surface area contributed by atoms with Crippen LogP contribution < -0.4 is 4.72 Å². The van der Waals surface area contributed by atoms with E-state index in [1.807, 2.05) is 6.07 Å². The third-order valence-electron chi connectivity index (χ3n) is 3.95. The molecule has 0 aromatic carbocycles. The molecular formula is C12H22N4O2S. The molecule has 1 aliphatic carbocycles. The molecule has 1 saturated carbocycles. The summed E-state index contributed by atoms with van der Waals surface area (Å²) in [6.45, 7) is 4.10. The molecule has 108 valence electrons. The van der Waals surface area contributed by atoms with Gasteiger partial charge in [-0.25, -0.2) is 0 Å². The first-order valence-electron chi connectivity index (χ1n) is 6.78. The fourth-order valence-electron chi connectivity index (χ4n) is 2.50. The molecule has 2 rings (SSSR count). The first-order chi connectivity index (χ1) is 8.94. The molecule has 1 saturated heterocycles. The first-order valence-corrected chi connectivity index (χ1v) is 8.22. The molecule has 0 aromatic rings. The Balaban J connectivity index is 1.90. The van der Waals surface area contributed by atoms with Gasteiger partial charge >= 0.3 is 0 Å². The molecule has 0 amide bonds. The van der Waals surface area contributed by atoms with E-state index in [9.17, 15) is 8.42 Å². The summed E-state index contributed by atoms with van der Waals surface area (Å²) < 4.78 is 28.2. The summed E-state index contributed by atoms with van der Waals surface area (Å²) in [5.41, 5.74) is 0. The third kappa shape index (κ3) is 3.66. The van der Waals surface area contributed by atoms with Crippen LogP contribution in [0.1, 0.15) is 26.2 Å². The van der Waals surface area contributed by atoms with Crippen molar-refractivity contribution in [3.63, 3.8) is 0 Å². The molecule has 2 fully saturated rings.